The van der Waals surface area contributed by atoms with Gasteiger partial charge in [-0.25, -0.2) is 9.97 Å². The van der Waals surface area contributed by atoms with Gasteiger partial charge in [0.05, 0.1) is 28.4 Å². The Morgan fingerprint density at radius 3 is 2.70 bits per heavy atom. The van der Waals surface area contributed by atoms with Crippen molar-refractivity contribution in [2.45, 2.75) is 20.3 Å². The van der Waals surface area contributed by atoms with E-state index >= 15 is 0 Å². The van der Waals surface area contributed by atoms with Crippen LogP contribution in [0.25, 0.3) is 22.6 Å². The van der Waals surface area contributed by atoms with Gasteiger partial charge in [0.15, 0.2) is 11.5 Å². The van der Waals surface area contributed by atoms with Crippen molar-refractivity contribution in [3.8, 4) is 11.5 Å². The molecular weight excluding hydrogens is 366 g/mol. The maximum atomic E-state index is 12.5. The van der Waals surface area contributed by atoms with Crippen LogP contribution in [-0.2, 0) is 11.2 Å². The number of aryl methyl sites for hydroxylation is 2. The van der Waals surface area contributed by atoms with Gasteiger partial charge in [0.25, 0.3) is 0 Å². The minimum Gasteiger partial charge on any atom is -0.441 e. The highest BCUT2D eigenvalue weighted by Crippen LogP contribution is 2.29. The van der Waals surface area contributed by atoms with Crippen LogP contribution in [-0.4, -0.2) is 15.9 Å². The van der Waals surface area contributed by atoms with Gasteiger partial charge in [-0.15, -0.1) is 0 Å². The SMILES string of the molecule is Cc1nc2cccc(NC(=O)Cc3nc(-c4ccccc4Cl)oc3C)c2o1. The van der Waals surface area contributed by atoms with Crippen molar-refractivity contribution in [2.75, 3.05) is 5.32 Å². The number of nitrogens with zero attached hydrogens (tertiary/aromatic N) is 2. The van der Waals surface area contributed by atoms with Crippen molar-refractivity contribution in [3.63, 3.8) is 0 Å². The smallest absolute Gasteiger partial charge is 0.230 e. The second-order valence-corrected chi connectivity index (χ2v) is 6.52. The van der Waals surface area contributed by atoms with Crippen LogP contribution in [0, 0.1) is 13.8 Å². The van der Waals surface area contributed by atoms with E-state index in [9.17, 15) is 4.79 Å². The average molecular weight is 382 g/mol. The van der Waals surface area contributed by atoms with E-state index in [2.05, 4.69) is 15.3 Å². The summed E-state index contributed by atoms with van der Waals surface area (Å²) < 4.78 is 11.3. The van der Waals surface area contributed by atoms with Gasteiger partial charge in [0.1, 0.15) is 11.3 Å². The van der Waals surface area contributed by atoms with E-state index in [-0.39, 0.29) is 12.3 Å². The lowest BCUT2D eigenvalue weighted by Gasteiger charge is -2.04. The molecule has 0 saturated carbocycles. The lowest BCUT2D eigenvalue weighted by atomic mass is 10.2. The molecule has 2 aromatic carbocycles. The number of carbonyl (C=O) groups excluding carboxylic acids is 1. The molecule has 0 saturated heterocycles. The molecule has 0 spiro atoms. The maximum Gasteiger partial charge on any atom is 0.230 e. The number of nitrogens with one attached hydrogen (secondary N) is 1. The molecule has 6 nitrogen and oxygen atoms in total. The summed E-state index contributed by atoms with van der Waals surface area (Å²) in [4.78, 5) is 21.2. The van der Waals surface area contributed by atoms with Gasteiger partial charge in [-0.1, -0.05) is 29.8 Å². The fraction of sp³-hybridized carbons (Fsp3) is 0.150. The molecule has 1 amide bonds. The monoisotopic (exact) mass is 381 g/mol. The number of carbonyl (C=O) groups is 1. The van der Waals surface area contributed by atoms with Crippen LogP contribution in [0.3, 0.4) is 0 Å². The Morgan fingerprint density at radius 1 is 1.07 bits per heavy atom. The lowest BCUT2D eigenvalue weighted by molar-refractivity contribution is -0.115. The number of fused-ring (bicyclic) bond motifs is 1. The predicted octanol–water partition coefficient (Wildman–Crippen LogP) is 4.93. The van der Waals surface area contributed by atoms with Gasteiger partial charge in [0.2, 0.25) is 11.8 Å². The number of anilines is 1. The summed E-state index contributed by atoms with van der Waals surface area (Å²) in [7, 11) is 0. The predicted molar refractivity (Wildman–Crippen MR) is 103 cm³/mol. The summed E-state index contributed by atoms with van der Waals surface area (Å²) in [5.41, 5.74) is 3.07. The van der Waals surface area contributed by atoms with Crippen molar-refractivity contribution >= 4 is 34.3 Å². The number of aromatic nitrogens is 2. The number of benzene rings is 2. The van der Waals surface area contributed by atoms with Gasteiger partial charge in [-0.05, 0) is 31.2 Å². The van der Waals surface area contributed by atoms with Crippen LogP contribution in [0.15, 0.2) is 51.3 Å². The first-order chi connectivity index (χ1) is 13.0. The Labute approximate surface area is 160 Å². The number of rotatable bonds is 4. The normalized spacial score (nSPS) is 11.1. The largest absolute Gasteiger partial charge is 0.441 e. The van der Waals surface area contributed by atoms with E-state index in [0.717, 1.165) is 0 Å². The number of hydrogen-bond donors (Lipinski definition) is 1. The van der Waals surface area contributed by atoms with E-state index < -0.39 is 0 Å². The van der Waals surface area contributed by atoms with Crippen molar-refractivity contribution in [1.29, 1.82) is 0 Å². The number of halogens is 1. The topological polar surface area (TPSA) is 81.2 Å². The fourth-order valence-corrected chi connectivity index (χ4v) is 3.06. The van der Waals surface area contributed by atoms with Crippen molar-refractivity contribution < 1.29 is 13.6 Å². The number of amides is 1. The third-order valence-electron chi connectivity index (χ3n) is 4.12. The van der Waals surface area contributed by atoms with Gasteiger partial charge < -0.3 is 14.2 Å². The highest BCUT2D eigenvalue weighted by Gasteiger charge is 2.17. The molecule has 4 rings (SSSR count). The zero-order valence-corrected chi connectivity index (χ0v) is 15.5. The third kappa shape index (κ3) is 3.44. The summed E-state index contributed by atoms with van der Waals surface area (Å²) in [5.74, 6) is 1.30. The third-order valence-corrected chi connectivity index (χ3v) is 4.45. The molecule has 2 heterocycles. The molecule has 0 bridgehead atoms. The molecule has 0 fully saturated rings. The Kier molecular flexibility index (Phi) is 4.41. The minimum atomic E-state index is -0.223. The first kappa shape index (κ1) is 17.3. The quantitative estimate of drug-likeness (QED) is 0.541. The molecule has 7 heteroatoms. The molecule has 0 aliphatic carbocycles. The van der Waals surface area contributed by atoms with Crippen LogP contribution in [0.5, 0.6) is 0 Å². The van der Waals surface area contributed by atoms with E-state index in [0.29, 0.717) is 50.6 Å². The fourth-order valence-electron chi connectivity index (χ4n) is 2.85. The standard InChI is InChI=1S/C20H16ClN3O3/c1-11-17(24-20(26-11)13-6-3-4-7-14(13)21)10-18(25)23-16-9-5-8-15-19(16)27-12(2)22-15/h3-9H,10H2,1-2H3,(H,23,25). The molecule has 0 atom stereocenters. The van der Waals surface area contributed by atoms with Crippen LogP contribution < -0.4 is 5.32 Å². The molecule has 2 aromatic heterocycles. The highest BCUT2D eigenvalue weighted by atomic mass is 35.5. The summed E-state index contributed by atoms with van der Waals surface area (Å²) in [6.07, 6.45) is 0.0727. The van der Waals surface area contributed by atoms with E-state index in [4.69, 9.17) is 20.4 Å². The van der Waals surface area contributed by atoms with Gasteiger partial charge in [-0.2, -0.15) is 0 Å². The van der Waals surface area contributed by atoms with Gasteiger partial charge >= 0.3 is 0 Å². The Hall–Kier alpha value is -3.12. The summed E-state index contributed by atoms with van der Waals surface area (Å²) in [6, 6.07) is 12.7. The van der Waals surface area contributed by atoms with E-state index in [1.165, 1.54) is 0 Å². The van der Waals surface area contributed by atoms with Crippen LogP contribution in [0.1, 0.15) is 17.3 Å². The Morgan fingerprint density at radius 2 is 1.89 bits per heavy atom. The highest BCUT2D eigenvalue weighted by molar-refractivity contribution is 6.33. The Bertz CT molecular complexity index is 1150. The Balaban J connectivity index is 1.56. The van der Waals surface area contributed by atoms with Gasteiger partial charge in [0, 0.05) is 6.92 Å². The molecule has 136 valence electrons. The van der Waals surface area contributed by atoms with E-state index in [1.54, 1.807) is 26.0 Å². The minimum absolute atomic E-state index is 0.0727. The molecule has 0 aliphatic heterocycles. The number of oxazole rings is 2. The van der Waals surface area contributed by atoms with Crippen molar-refractivity contribution in [1.82, 2.24) is 9.97 Å². The van der Waals surface area contributed by atoms with Crippen LogP contribution >= 0.6 is 11.6 Å². The van der Waals surface area contributed by atoms with Crippen LogP contribution in [0.4, 0.5) is 5.69 Å². The first-order valence-corrected chi connectivity index (χ1v) is 8.76. The average Bonchev–Trinajstić information content (AvgIpc) is 3.18. The van der Waals surface area contributed by atoms with Crippen LogP contribution in [0.2, 0.25) is 5.02 Å². The second-order valence-electron chi connectivity index (χ2n) is 6.11. The zero-order chi connectivity index (χ0) is 19.0. The maximum absolute atomic E-state index is 12.5. The van der Waals surface area contributed by atoms with E-state index in [1.807, 2.05) is 30.3 Å². The lowest BCUT2D eigenvalue weighted by Crippen LogP contribution is -2.15. The summed E-state index contributed by atoms with van der Waals surface area (Å²) in [5, 5.41) is 3.40. The summed E-state index contributed by atoms with van der Waals surface area (Å²) >= 11 is 6.20. The molecule has 0 unspecified atom stereocenters. The first-order valence-electron chi connectivity index (χ1n) is 8.38. The summed E-state index contributed by atoms with van der Waals surface area (Å²) in [6.45, 7) is 3.54. The molecule has 27 heavy (non-hydrogen) atoms. The molecule has 0 aliphatic rings. The van der Waals surface area contributed by atoms with Crippen molar-refractivity contribution in [3.05, 3.63) is 64.8 Å². The van der Waals surface area contributed by atoms with Gasteiger partial charge in [-0.3, -0.25) is 4.79 Å². The van der Waals surface area contributed by atoms with Crippen molar-refractivity contribution in [2.24, 2.45) is 0 Å². The molecule has 4 aromatic rings. The second kappa shape index (κ2) is 6.89. The molecule has 0 radical (unpaired) electrons. The molecule has 1 N–H and O–H groups in total. The molecular formula is C20H16ClN3O3. The zero-order valence-electron chi connectivity index (χ0n) is 14.7. The number of para-hydroxylation sites is 1. The number of hydrogen-bond acceptors (Lipinski definition) is 5.